The molecule has 21 heavy (non-hydrogen) atoms. The van der Waals surface area contributed by atoms with Crippen molar-refractivity contribution in [1.82, 2.24) is 0 Å². The zero-order valence-corrected chi connectivity index (χ0v) is 12.4. The minimum atomic E-state index is -1.05. The van der Waals surface area contributed by atoms with Crippen LogP contribution in [0.1, 0.15) is 16.1 Å². The van der Waals surface area contributed by atoms with E-state index in [9.17, 15) is 4.79 Å². The van der Waals surface area contributed by atoms with Crippen molar-refractivity contribution in [3.05, 3.63) is 64.9 Å². The summed E-state index contributed by atoms with van der Waals surface area (Å²) in [5.41, 5.74) is 1.69. The fourth-order valence-corrected chi connectivity index (χ4v) is 3.16. The highest BCUT2D eigenvalue weighted by Crippen LogP contribution is 2.27. The molecule has 106 valence electrons. The Bertz CT molecular complexity index is 810. The predicted octanol–water partition coefficient (Wildman–Crippen LogP) is 5.08. The number of carboxylic acids is 1. The van der Waals surface area contributed by atoms with E-state index in [0.717, 1.165) is 26.6 Å². The van der Waals surface area contributed by atoms with E-state index in [2.05, 4.69) is 0 Å². The fourth-order valence-electron chi connectivity index (χ4n) is 2.01. The van der Waals surface area contributed by atoms with Gasteiger partial charge in [-0.15, -0.1) is 11.8 Å². The number of carboxylic acid groups (broad SMARTS) is 1. The second kappa shape index (κ2) is 5.84. The third-order valence-corrected chi connectivity index (χ3v) is 4.29. The van der Waals surface area contributed by atoms with Crippen molar-refractivity contribution in [2.75, 3.05) is 0 Å². The summed E-state index contributed by atoms with van der Waals surface area (Å²) in [6.07, 6.45) is 0. The highest BCUT2D eigenvalue weighted by molar-refractivity contribution is 7.98. The number of hydrogen-bond donors (Lipinski definition) is 1. The molecular weight excluding hydrogens is 308 g/mol. The highest BCUT2D eigenvalue weighted by atomic mass is 35.5. The van der Waals surface area contributed by atoms with Gasteiger partial charge in [0.1, 0.15) is 5.58 Å². The Kier molecular flexibility index (Phi) is 3.90. The maximum Gasteiger partial charge on any atom is 0.371 e. The molecule has 0 fully saturated rings. The standard InChI is InChI=1S/C16H11ClO3S/c17-12-2-1-3-13(8-12)21-9-10-4-5-14-11(6-10)7-15(20-14)16(18)19/h1-8H,9H2,(H,18,19). The van der Waals surface area contributed by atoms with Gasteiger partial charge in [0.15, 0.2) is 0 Å². The molecule has 0 aliphatic rings. The Morgan fingerprint density at radius 2 is 2.05 bits per heavy atom. The van der Waals surface area contributed by atoms with Crippen LogP contribution < -0.4 is 0 Å². The minimum absolute atomic E-state index is 0.0374. The van der Waals surface area contributed by atoms with Gasteiger partial charge < -0.3 is 9.52 Å². The van der Waals surface area contributed by atoms with E-state index in [4.69, 9.17) is 21.1 Å². The molecular formula is C16H11ClO3S. The Morgan fingerprint density at radius 3 is 2.81 bits per heavy atom. The number of benzene rings is 2. The molecule has 3 aromatic rings. The second-order valence-electron chi connectivity index (χ2n) is 4.53. The number of hydrogen-bond acceptors (Lipinski definition) is 3. The Balaban J connectivity index is 1.79. The highest BCUT2D eigenvalue weighted by Gasteiger charge is 2.10. The predicted molar refractivity (Wildman–Crippen MR) is 84.2 cm³/mol. The van der Waals surface area contributed by atoms with Gasteiger partial charge in [-0.2, -0.15) is 0 Å². The summed E-state index contributed by atoms with van der Waals surface area (Å²) in [5, 5.41) is 10.4. The van der Waals surface area contributed by atoms with Crippen molar-refractivity contribution >= 4 is 40.3 Å². The van der Waals surface area contributed by atoms with Crippen LogP contribution >= 0.6 is 23.4 Å². The molecule has 3 nitrogen and oxygen atoms in total. The molecule has 0 atom stereocenters. The number of furan rings is 1. The summed E-state index contributed by atoms with van der Waals surface area (Å²) in [5.74, 6) is -0.310. The van der Waals surface area contributed by atoms with E-state index in [1.54, 1.807) is 23.9 Å². The molecule has 1 N–H and O–H groups in total. The Hall–Kier alpha value is -1.91. The summed E-state index contributed by atoms with van der Waals surface area (Å²) >= 11 is 7.63. The van der Waals surface area contributed by atoms with Crippen LogP contribution in [0.3, 0.4) is 0 Å². The van der Waals surface area contributed by atoms with Crippen LogP contribution in [-0.4, -0.2) is 11.1 Å². The first kappa shape index (κ1) is 14.0. The lowest BCUT2D eigenvalue weighted by atomic mass is 10.2. The SMILES string of the molecule is O=C(O)c1cc2cc(CSc3cccc(Cl)c3)ccc2o1. The van der Waals surface area contributed by atoms with Crippen LogP contribution in [0.15, 0.2) is 57.8 Å². The molecule has 5 heteroatoms. The van der Waals surface area contributed by atoms with Gasteiger partial charge in [-0.05, 0) is 42.0 Å². The summed E-state index contributed by atoms with van der Waals surface area (Å²) < 4.78 is 5.24. The quantitative estimate of drug-likeness (QED) is 0.682. The zero-order chi connectivity index (χ0) is 14.8. The monoisotopic (exact) mass is 318 g/mol. The van der Waals surface area contributed by atoms with Gasteiger partial charge in [-0.1, -0.05) is 23.7 Å². The van der Waals surface area contributed by atoms with E-state index >= 15 is 0 Å². The topological polar surface area (TPSA) is 50.4 Å². The van der Waals surface area contributed by atoms with Crippen molar-refractivity contribution in [1.29, 1.82) is 0 Å². The minimum Gasteiger partial charge on any atom is -0.475 e. The van der Waals surface area contributed by atoms with Gasteiger partial charge in [-0.3, -0.25) is 0 Å². The maximum atomic E-state index is 10.9. The first-order valence-electron chi connectivity index (χ1n) is 6.26. The van der Waals surface area contributed by atoms with Crippen molar-refractivity contribution in [3.8, 4) is 0 Å². The van der Waals surface area contributed by atoms with Gasteiger partial charge in [0.2, 0.25) is 5.76 Å². The summed E-state index contributed by atoms with van der Waals surface area (Å²) in [7, 11) is 0. The van der Waals surface area contributed by atoms with Gasteiger partial charge in [0, 0.05) is 21.1 Å². The van der Waals surface area contributed by atoms with Crippen molar-refractivity contribution in [2.24, 2.45) is 0 Å². The molecule has 0 amide bonds. The van der Waals surface area contributed by atoms with Gasteiger partial charge in [0.25, 0.3) is 0 Å². The van der Waals surface area contributed by atoms with Crippen molar-refractivity contribution in [3.63, 3.8) is 0 Å². The van der Waals surface area contributed by atoms with E-state index < -0.39 is 5.97 Å². The lowest BCUT2D eigenvalue weighted by molar-refractivity contribution is 0.0665. The first-order valence-corrected chi connectivity index (χ1v) is 7.62. The third-order valence-electron chi connectivity index (χ3n) is 2.99. The number of halogens is 1. The summed E-state index contributed by atoms with van der Waals surface area (Å²) in [4.78, 5) is 12.0. The third kappa shape index (κ3) is 3.23. The summed E-state index contributed by atoms with van der Waals surface area (Å²) in [6.45, 7) is 0. The van der Waals surface area contributed by atoms with Crippen LogP contribution in [0.2, 0.25) is 5.02 Å². The van der Waals surface area contributed by atoms with Crippen LogP contribution in [0.4, 0.5) is 0 Å². The van der Waals surface area contributed by atoms with E-state index in [0.29, 0.717) is 5.58 Å². The molecule has 0 spiro atoms. The average Bonchev–Trinajstić information content (AvgIpc) is 2.88. The summed E-state index contributed by atoms with van der Waals surface area (Å²) in [6, 6.07) is 14.9. The lowest BCUT2D eigenvalue weighted by Crippen LogP contribution is -1.91. The molecule has 1 aromatic heterocycles. The largest absolute Gasteiger partial charge is 0.475 e. The fraction of sp³-hybridized carbons (Fsp3) is 0.0625. The van der Waals surface area contributed by atoms with E-state index in [1.807, 2.05) is 36.4 Å². The molecule has 0 aliphatic carbocycles. The van der Waals surface area contributed by atoms with Crippen LogP contribution in [0, 0.1) is 0 Å². The second-order valence-corrected chi connectivity index (χ2v) is 6.02. The average molecular weight is 319 g/mol. The number of rotatable bonds is 4. The first-order chi connectivity index (χ1) is 10.1. The van der Waals surface area contributed by atoms with Gasteiger partial charge in [-0.25, -0.2) is 4.79 Å². The zero-order valence-electron chi connectivity index (χ0n) is 10.9. The molecule has 3 rings (SSSR count). The van der Waals surface area contributed by atoms with Crippen molar-refractivity contribution < 1.29 is 14.3 Å². The van der Waals surface area contributed by atoms with Crippen LogP contribution in [-0.2, 0) is 5.75 Å². The molecule has 0 radical (unpaired) electrons. The number of carbonyl (C=O) groups is 1. The van der Waals surface area contributed by atoms with Gasteiger partial charge in [0.05, 0.1) is 0 Å². The number of thioether (sulfide) groups is 1. The Morgan fingerprint density at radius 1 is 1.19 bits per heavy atom. The molecule has 0 unspecified atom stereocenters. The van der Waals surface area contributed by atoms with E-state index in [-0.39, 0.29) is 5.76 Å². The molecule has 1 heterocycles. The number of fused-ring (bicyclic) bond motifs is 1. The molecule has 0 saturated heterocycles. The molecule has 0 aliphatic heterocycles. The maximum absolute atomic E-state index is 10.9. The lowest BCUT2D eigenvalue weighted by Gasteiger charge is -2.02. The molecule has 0 bridgehead atoms. The normalized spacial score (nSPS) is 10.9. The van der Waals surface area contributed by atoms with Gasteiger partial charge >= 0.3 is 5.97 Å². The number of aromatic carboxylic acids is 1. The Labute approximate surface area is 130 Å². The van der Waals surface area contributed by atoms with Crippen LogP contribution in [0.5, 0.6) is 0 Å². The molecule has 2 aromatic carbocycles. The van der Waals surface area contributed by atoms with Crippen molar-refractivity contribution in [2.45, 2.75) is 10.6 Å². The van der Waals surface area contributed by atoms with Crippen LogP contribution in [0.25, 0.3) is 11.0 Å². The molecule has 0 saturated carbocycles. The smallest absolute Gasteiger partial charge is 0.371 e. The van der Waals surface area contributed by atoms with E-state index in [1.165, 1.54) is 0 Å².